The molecule has 6 nitrogen and oxygen atoms in total. The average Bonchev–Trinajstić information content (AvgIpc) is 3.11. The third kappa shape index (κ3) is 4.06. The molecule has 1 aliphatic rings. The molecular weight excluding hydrogens is 418 g/mol. The molecule has 0 fully saturated rings. The van der Waals surface area contributed by atoms with Gasteiger partial charge in [-0.15, -0.1) is 11.3 Å². The van der Waals surface area contributed by atoms with Crippen LogP contribution in [0.3, 0.4) is 0 Å². The second kappa shape index (κ2) is 8.73. The van der Waals surface area contributed by atoms with E-state index in [1.807, 2.05) is 6.92 Å². The summed E-state index contributed by atoms with van der Waals surface area (Å²) in [6, 6.07) is 6.80. The van der Waals surface area contributed by atoms with E-state index in [1.54, 1.807) is 40.2 Å². The molecule has 3 aromatic rings. The predicted molar refractivity (Wildman–Crippen MR) is 122 cm³/mol. The van der Waals surface area contributed by atoms with Gasteiger partial charge in [-0.05, 0) is 69.4 Å². The minimum Gasteiger partial charge on any atom is -0.325 e. The van der Waals surface area contributed by atoms with Gasteiger partial charge in [-0.2, -0.15) is 0 Å². The normalized spacial score (nSPS) is 13.3. The van der Waals surface area contributed by atoms with E-state index in [9.17, 15) is 14.4 Å². The third-order valence-electron chi connectivity index (χ3n) is 5.26. The molecule has 0 saturated heterocycles. The number of aromatic nitrogens is 2. The summed E-state index contributed by atoms with van der Waals surface area (Å²) in [5, 5.41) is 4.18. The number of nitrogens with zero attached hydrogens (tertiary/aromatic N) is 2. The molecule has 30 heavy (non-hydrogen) atoms. The quantitative estimate of drug-likeness (QED) is 0.351. The number of Topliss-reactive ketones (excluding diaryl/α,β-unsaturated/α-hetero) is 1. The first-order chi connectivity index (χ1) is 14.5. The molecule has 0 aliphatic heterocycles. The van der Waals surface area contributed by atoms with Crippen LogP contribution < -0.4 is 10.9 Å². The number of thioether (sulfide) groups is 1. The molecule has 0 radical (unpaired) electrons. The fourth-order valence-corrected chi connectivity index (χ4v) is 5.89. The highest BCUT2D eigenvalue weighted by molar-refractivity contribution is 7.99. The number of ketones is 1. The van der Waals surface area contributed by atoms with E-state index in [1.165, 1.54) is 29.1 Å². The summed E-state index contributed by atoms with van der Waals surface area (Å²) in [4.78, 5) is 43.7. The summed E-state index contributed by atoms with van der Waals surface area (Å²) in [7, 11) is 0. The number of hydrogen-bond donors (Lipinski definition) is 1. The van der Waals surface area contributed by atoms with Crippen molar-refractivity contribution >= 4 is 50.7 Å². The largest absolute Gasteiger partial charge is 0.325 e. The van der Waals surface area contributed by atoms with Crippen LogP contribution in [0.1, 0.15) is 47.5 Å². The van der Waals surface area contributed by atoms with Crippen LogP contribution in [-0.4, -0.2) is 27.0 Å². The Bertz CT molecular complexity index is 1180. The lowest BCUT2D eigenvalue weighted by Gasteiger charge is -2.12. The Balaban J connectivity index is 1.52. The van der Waals surface area contributed by atoms with Crippen LogP contribution in [0.15, 0.2) is 34.2 Å². The smallest absolute Gasteiger partial charge is 0.263 e. The number of aryl methyl sites for hydroxylation is 2. The van der Waals surface area contributed by atoms with Gasteiger partial charge >= 0.3 is 0 Å². The number of carbonyl (C=O) groups excluding carboxylic acids is 2. The highest BCUT2D eigenvalue weighted by Gasteiger charge is 2.22. The highest BCUT2D eigenvalue weighted by Crippen LogP contribution is 2.34. The summed E-state index contributed by atoms with van der Waals surface area (Å²) in [6.45, 7) is 3.95. The Hall–Kier alpha value is -2.45. The first-order valence-corrected chi connectivity index (χ1v) is 11.9. The van der Waals surface area contributed by atoms with Crippen LogP contribution >= 0.6 is 23.1 Å². The molecule has 0 spiro atoms. The molecular formula is C22H23N3O3S2. The molecule has 2 aromatic heterocycles. The Kier molecular flexibility index (Phi) is 6.06. The predicted octanol–water partition coefficient (Wildman–Crippen LogP) is 4.29. The van der Waals surface area contributed by atoms with Gasteiger partial charge in [-0.3, -0.25) is 19.0 Å². The van der Waals surface area contributed by atoms with Crippen molar-refractivity contribution in [3.63, 3.8) is 0 Å². The van der Waals surface area contributed by atoms with E-state index in [4.69, 9.17) is 4.98 Å². The van der Waals surface area contributed by atoms with E-state index < -0.39 is 0 Å². The number of rotatable bonds is 6. The van der Waals surface area contributed by atoms with Crippen molar-refractivity contribution in [2.45, 2.75) is 51.2 Å². The lowest BCUT2D eigenvalue weighted by Crippen LogP contribution is -2.24. The SMILES string of the molecule is CCn1c(SCC(=O)Nc2ccc(C(C)=O)cc2)nc2sc3c(c2c1=O)CCCC3. The van der Waals surface area contributed by atoms with Gasteiger partial charge in [0.25, 0.3) is 5.56 Å². The standard InChI is InChI=1S/C22H23N3O3S2/c1-3-25-21(28)19-16-6-4-5-7-17(16)30-20(19)24-22(25)29-12-18(27)23-15-10-8-14(9-11-15)13(2)26/h8-11H,3-7,12H2,1-2H3,(H,23,27). The van der Waals surface area contributed by atoms with Crippen LogP contribution in [0.25, 0.3) is 10.2 Å². The minimum atomic E-state index is -0.182. The van der Waals surface area contributed by atoms with Gasteiger partial charge in [0.15, 0.2) is 10.9 Å². The summed E-state index contributed by atoms with van der Waals surface area (Å²) >= 11 is 2.90. The van der Waals surface area contributed by atoms with E-state index in [0.29, 0.717) is 23.0 Å². The molecule has 1 N–H and O–H groups in total. The molecule has 1 amide bonds. The second-order valence-electron chi connectivity index (χ2n) is 7.31. The van der Waals surface area contributed by atoms with E-state index in [-0.39, 0.29) is 23.0 Å². The molecule has 0 saturated carbocycles. The Morgan fingerprint density at radius 2 is 1.93 bits per heavy atom. The molecule has 0 atom stereocenters. The maximum atomic E-state index is 13.1. The maximum absolute atomic E-state index is 13.1. The average molecular weight is 442 g/mol. The fraction of sp³-hybridized carbons (Fsp3) is 0.364. The summed E-state index contributed by atoms with van der Waals surface area (Å²) in [5.41, 5.74) is 2.42. The zero-order valence-corrected chi connectivity index (χ0v) is 18.6. The van der Waals surface area contributed by atoms with E-state index >= 15 is 0 Å². The Morgan fingerprint density at radius 1 is 1.20 bits per heavy atom. The van der Waals surface area contributed by atoms with Crippen molar-refractivity contribution in [2.75, 3.05) is 11.1 Å². The van der Waals surface area contributed by atoms with Gasteiger partial charge in [0.1, 0.15) is 4.83 Å². The summed E-state index contributed by atoms with van der Waals surface area (Å²) in [6.07, 6.45) is 4.26. The van der Waals surface area contributed by atoms with Crippen LogP contribution in [-0.2, 0) is 24.2 Å². The molecule has 0 bridgehead atoms. The van der Waals surface area contributed by atoms with Crippen molar-refractivity contribution < 1.29 is 9.59 Å². The van der Waals surface area contributed by atoms with Gasteiger partial charge in [-0.25, -0.2) is 4.98 Å². The van der Waals surface area contributed by atoms with Gasteiger partial charge in [-0.1, -0.05) is 11.8 Å². The third-order valence-corrected chi connectivity index (χ3v) is 7.43. The zero-order chi connectivity index (χ0) is 21.3. The fourth-order valence-electron chi connectivity index (χ4n) is 3.72. The van der Waals surface area contributed by atoms with Gasteiger partial charge in [0.05, 0.1) is 11.1 Å². The lowest BCUT2D eigenvalue weighted by atomic mass is 9.97. The molecule has 1 aliphatic carbocycles. The molecule has 2 heterocycles. The zero-order valence-electron chi connectivity index (χ0n) is 17.0. The molecule has 0 unspecified atom stereocenters. The van der Waals surface area contributed by atoms with Gasteiger partial charge < -0.3 is 5.32 Å². The number of benzene rings is 1. The van der Waals surface area contributed by atoms with Crippen molar-refractivity contribution in [3.05, 3.63) is 50.6 Å². The first-order valence-electron chi connectivity index (χ1n) is 10.1. The van der Waals surface area contributed by atoms with Gasteiger partial charge in [0.2, 0.25) is 5.91 Å². The number of anilines is 1. The lowest BCUT2D eigenvalue weighted by molar-refractivity contribution is -0.113. The number of amides is 1. The van der Waals surface area contributed by atoms with Crippen LogP contribution in [0.5, 0.6) is 0 Å². The second-order valence-corrected chi connectivity index (χ2v) is 9.33. The van der Waals surface area contributed by atoms with Crippen molar-refractivity contribution in [1.29, 1.82) is 0 Å². The monoisotopic (exact) mass is 441 g/mol. The van der Waals surface area contributed by atoms with Crippen molar-refractivity contribution in [3.8, 4) is 0 Å². The minimum absolute atomic E-state index is 0.00429. The first kappa shape index (κ1) is 20.8. The maximum Gasteiger partial charge on any atom is 0.263 e. The Morgan fingerprint density at radius 3 is 2.63 bits per heavy atom. The molecule has 156 valence electrons. The van der Waals surface area contributed by atoms with Crippen LogP contribution in [0.2, 0.25) is 0 Å². The van der Waals surface area contributed by atoms with Crippen LogP contribution in [0, 0.1) is 0 Å². The van der Waals surface area contributed by atoms with E-state index in [0.717, 1.165) is 35.9 Å². The topological polar surface area (TPSA) is 81.1 Å². The van der Waals surface area contributed by atoms with Gasteiger partial charge in [0, 0.05) is 22.7 Å². The number of fused-ring (bicyclic) bond motifs is 3. The number of hydrogen-bond acceptors (Lipinski definition) is 6. The summed E-state index contributed by atoms with van der Waals surface area (Å²) in [5.74, 6) is -0.0481. The number of thiophene rings is 1. The molecule has 8 heteroatoms. The van der Waals surface area contributed by atoms with Crippen molar-refractivity contribution in [1.82, 2.24) is 9.55 Å². The van der Waals surface area contributed by atoms with E-state index in [2.05, 4.69) is 5.32 Å². The molecule has 4 rings (SSSR count). The van der Waals surface area contributed by atoms with Crippen LogP contribution in [0.4, 0.5) is 5.69 Å². The number of carbonyl (C=O) groups is 2. The summed E-state index contributed by atoms with van der Waals surface area (Å²) < 4.78 is 1.67. The molecule has 1 aromatic carbocycles. The number of nitrogens with one attached hydrogen (secondary N) is 1. The highest BCUT2D eigenvalue weighted by atomic mass is 32.2. The Labute approximate surface area is 182 Å². The van der Waals surface area contributed by atoms with Crippen molar-refractivity contribution in [2.24, 2.45) is 0 Å².